The van der Waals surface area contributed by atoms with Gasteiger partial charge in [0.15, 0.2) is 5.58 Å². The molecule has 2 aromatic heterocycles. The zero-order valence-corrected chi connectivity index (χ0v) is 19.3. The number of rotatable bonds is 4. The third kappa shape index (κ3) is 3.63. The Hall–Kier alpha value is -3.09. The van der Waals surface area contributed by atoms with Gasteiger partial charge in [0.1, 0.15) is 17.1 Å². The van der Waals surface area contributed by atoms with E-state index in [0.717, 1.165) is 23.9 Å². The summed E-state index contributed by atoms with van der Waals surface area (Å²) in [5.74, 6) is 0.194. The fraction of sp³-hybridized carbons (Fsp3) is 0.462. The molecule has 1 aliphatic carbocycles. The van der Waals surface area contributed by atoms with Crippen molar-refractivity contribution in [2.75, 3.05) is 0 Å². The molecule has 1 saturated carbocycles. The summed E-state index contributed by atoms with van der Waals surface area (Å²) in [6.45, 7) is 6.79. The lowest BCUT2D eigenvalue weighted by Crippen LogP contribution is -2.65. The number of benzene rings is 1. The van der Waals surface area contributed by atoms with E-state index >= 15 is 0 Å². The van der Waals surface area contributed by atoms with E-state index in [-0.39, 0.29) is 30.2 Å². The van der Waals surface area contributed by atoms with Gasteiger partial charge in [-0.05, 0) is 42.9 Å². The van der Waals surface area contributed by atoms with Gasteiger partial charge in [-0.1, -0.05) is 38.8 Å². The number of carbonyl (C=O) groups excluding carboxylic acids is 2. The molecule has 2 amide bonds. The number of nitrogens with zero attached hydrogens (tertiary/aromatic N) is 2. The van der Waals surface area contributed by atoms with Gasteiger partial charge in [0.2, 0.25) is 5.91 Å². The smallest absolute Gasteiger partial charge is 0.271 e. The number of fused-ring (bicyclic) bond motifs is 3. The van der Waals surface area contributed by atoms with Crippen LogP contribution in [0.2, 0.25) is 0 Å². The quantitative estimate of drug-likeness (QED) is 0.624. The molecule has 174 valence electrons. The van der Waals surface area contributed by atoms with Gasteiger partial charge in [-0.15, -0.1) is 0 Å². The molecule has 4 atom stereocenters. The maximum atomic E-state index is 13.8. The molecule has 5 rings (SSSR count). The van der Waals surface area contributed by atoms with Crippen LogP contribution in [0.15, 0.2) is 47.1 Å². The predicted molar refractivity (Wildman–Crippen MR) is 123 cm³/mol. The van der Waals surface area contributed by atoms with E-state index in [1.54, 1.807) is 29.4 Å². The van der Waals surface area contributed by atoms with Crippen LogP contribution in [0.4, 0.5) is 4.39 Å². The third-order valence-corrected chi connectivity index (χ3v) is 7.82. The summed E-state index contributed by atoms with van der Waals surface area (Å²) in [5, 5.41) is 3.29. The van der Waals surface area contributed by atoms with Gasteiger partial charge in [-0.2, -0.15) is 0 Å². The molecule has 7 heteroatoms. The van der Waals surface area contributed by atoms with Gasteiger partial charge in [0.05, 0.1) is 18.3 Å². The van der Waals surface area contributed by atoms with Crippen molar-refractivity contribution in [2.24, 2.45) is 11.8 Å². The third-order valence-electron chi connectivity index (χ3n) is 7.82. The Bertz CT molecular complexity index is 1200. The second-order valence-electron chi connectivity index (χ2n) is 9.92. The molecule has 1 aliphatic heterocycles. The predicted octanol–water partition coefficient (Wildman–Crippen LogP) is 4.73. The van der Waals surface area contributed by atoms with Crippen molar-refractivity contribution >= 4 is 22.9 Å². The van der Waals surface area contributed by atoms with Crippen molar-refractivity contribution in [3.63, 3.8) is 0 Å². The summed E-state index contributed by atoms with van der Waals surface area (Å²) in [4.78, 5) is 29.2. The van der Waals surface area contributed by atoms with Crippen molar-refractivity contribution in [2.45, 2.75) is 64.7 Å². The van der Waals surface area contributed by atoms with Crippen LogP contribution in [0.5, 0.6) is 0 Å². The van der Waals surface area contributed by atoms with Crippen LogP contribution < -0.4 is 5.32 Å². The fourth-order valence-electron chi connectivity index (χ4n) is 5.40. The number of hydrogen-bond acceptors (Lipinski definition) is 3. The summed E-state index contributed by atoms with van der Waals surface area (Å²) in [6.07, 6.45) is 4.80. The van der Waals surface area contributed by atoms with Crippen molar-refractivity contribution in [1.29, 1.82) is 0 Å². The molecular weight excluding hydrogens is 421 g/mol. The second-order valence-corrected chi connectivity index (χ2v) is 9.92. The number of hydrogen-bond donors (Lipinski definition) is 1. The molecule has 6 nitrogen and oxygen atoms in total. The van der Waals surface area contributed by atoms with Gasteiger partial charge in [0, 0.05) is 24.7 Å². The normalized spacial score (nSPS) is 27.6. The lowest BCUT2D eigenvalue weighted by molar-refractivity contribution is -0.134. The first-order valence-electron chi connectivity index (χ1n) is 11.7. The Labute approximate surface area is 192 Å². The van der Waals surface area contributed by atoms with E-state index in [2.05, 4.69) is 19.2 Å². The van der Waals surface area contributed by atoms with Crippen LogP contribution in [0.1, 0.15) is 56.1 Å². The summed E-state index contributed by atoms with van der Waals surface area (Å²) in [5.41, 5.74) is 1.59. The lowest BCUT2D eigenvalue weighted by atomic mass is 9.77. The number of halogens is 1. The first-order valence-corrected chi connectivity index (χ1v) is 11.7. The van der Waals surface area contributed by atoms with E-state index in [9.17, 15) is 14.0 Å². The number of amides is 2. The molecule has 3 aromatic rings. The molecule has 0 saturated heterocycles. The highest BCUT2D eigenvalue weighted by Crippen LogP contribution is 2.35. The summed E-state index contributed by atoms with van der Waals surface area (Å²) in [6, 6.07) is 9.71. The van der Waals surface area contributed by atoms with E-state index in [1.807, 2.05) is 17.6 Å². The van der Waals surface area contributed by atoms with Crippen LogP contribution in [-0.2, 0) is 17.9 Å². The molecule has 0 spiro atoms. The molecule has 33 heavy (non-hydrogen) atoms. The van der Waals surface area contributed by atoms with Crippen molar-refractivity contribution in [3.8, 4) is 0 Å². The standard InChI is InChI=1S/C26H30FN3O3/c1-16-5-4-6-20(17(16)2)28-25(32)26(3)15-29-21-11-12-33-23(21)13-22(29)24(31)30(26)14-18-7-9-19(27)10-8-18/h7-13,16-17,20H,4-6,14-15H2,1-3H3,(H,28,32)/t16-,17+,20+,26+/m1/s1. The summed E-state index contributed by atoms with van der Waals surface area (Å²) >= 11 is 0. The average molecular weight is 452 g/mol. The van der Waals surface area contributed by atoms with Crippen LogP contribution in [0, 0.1) is 17.7 Å². The number of furan rings is 1. The van der Waals surface area contributed by atoms with Crippen LogP contribution >= 0.6 is 0 Å². The van der Waals surface area contributed by atoms with Crippen LogP contribution in [-0.4, -0.2) is 32.9 Å². The molecule has 3 heterocycles. The minimum atomic E-state index is -1.11. The molecular formula is C26H30FN3O3. The minimum absolute atomic E-state index is 0.0841. The Morgan fingerprint density at radius 3 is 2.73 bits per heavy atom. The average Bonchev–Trinajstić information content (AvgIpc) is 3.38. The van der Waals surface area contributed by atoms with Crippen molar-refractivity contribution < 1.29 is 18.4 Å². The zero-order valence-electron chi connectivity index (χ0n) is 19.3. The summed E-state index contributed by atoms with van der Waals surface area (Å²) < 4.78 is 20.9. The first kappa shape index (κ1) is 21.7. The van der Waals surface area contributed by atoms with Gasteiger partial charge >= 0.3 is 0 Å². The highest BCUT2D eigenvalue weighted by molar-refractivity contribution is 6.02. The molecule has 1 aromatic carbocycles. The fourth-order valence-corrected chi connectivity index (χ4v) is 5.40. The molecule has 0 bridgehead atoms. The van der Waals surface area contributed by atoms with Crippen LogP contribution in [0.25, 0.3) is 11.1 Å². The first-order chi connectivity index (χ1) is 15.8. The van der Waals surface area contributed by atoms with Crippen molar-refractivity contribution in [1.82, 2.24) is 14.8 Å². The van der Waals surface area contributed by atoms with E-state index in [0.29, 0.717) is 29.7 Å². The SMILES string of the molecule is C[C@H]1[C@H](C)CCC[C@@H]1NC(=O)[C@]1(C)Cn2c(cc3occc32)C(=O)N1Cc1ccc(F)cc1. The molecule has 0 radical (unpaired) electrons. The Balaban J connectivity index is 1.52. The van der Waals surface area contributed by atoms with E-state index < -0.39 is 5.54 Å². The van der Waals surface area contributed by atoms with Gasteiger partial charge in [-0.25, -0.2) is 4.39 Å². The monoisotopic (exact) mass is 451 g/mol. The maximum Gasteiger partial charge on any atom is 0.271 e. The number of carbonyl (C=O) groups is 2. The van der Waals surface area contributed by atoms with E-state index in [1.165, 1.54) is 18.6 Å². The maximum absolute atomic E-state index is 13.8. The molecule has 2 aliphatic rings. The van der Waals surface area contributed by atoms with Crippen LogP contribution in [0.3, 0.4) is 0 Å². The molecule has 1 fully saturated rings. The van der Waals surface area contributed by atoms with Gasteiger partial charge < -0.3 is 19.2 Å². The Kier molecular flexibility index (Phi) is 5.30. The lowest BCUT2D eigenvalue weighted by Gasteiger charge is -2.45. The van der Waals surface area contributed by atoms with Gasteiger partial charge in [0.25, 0.3) is 5.91 Å². The van der Waals surface area contributed by atoms with Crippen molar-refractivity contribution in [3.05, 3.63) is 59.7 Å². The highest BCUT2D eigenvalue weighted by Gasteiger charge is 2.48. The van der Waals surface area contributed by atoms with E-state index in [4.69, 9.17) is 4.42 Å². The molecule has 0 unspecified atom stereocenters. The minimum Gasteiger partial charge on any atom is -0.463 e. The second kappa shape index (κ2) is 8.04. The number of nitrogens with one attached hydrogen (secondary N) is 1. The van der Waals surface area contributed by atoms with Gasteiger partial charge in [-0.3, -0.25) is 9.59 Å². The molecule has 1 N–H and O–H groups in total. The summed E-state index contributed by atoms with van der Waals surface area (Å²) in [7, 11) is 0. The zero-order chi connectivity index (χ0) is 23.3. The highest BCUT2D eigenvalue weighted by atomic mass is 19.1. The Morgan fingerprint density at radius 2 is 1.97 bits per heavy atom. The largest absolute Gasteiger partial charge is 0.463 e. The Morgan fingerprint density at radius 1 is 1.21 bits per heavy atom. The number of aromatic nitrogens is 1. The topological polar surface area (TPSA) is 67.5 Å².